The Labute approximate surface area is 141 Å². The Hall–Kier alpha value is -2.18. The van der Waals surface area contributed by atoms with E-state index in [4.69, 9.17) is 0 Å². The van der Waals surface area contributed by atoms with Crippen molar-refractivity contribution >= 4 is 5.91 Å². The molecule has 0 radical (unpaired) electrons. The molecular formula is C17H24N6O. The van der Waals surface area contributed by atoms with E-state index in [9.17, 15) is 4.79 Å². The molecule has 1 N–H and O–H groups in total. The van der Waals surface area contributed by atoms with Gasteiger partial charge in [0, 0.05) is 32.1 Å². The minimum absolute atomic E-state index is 0.165. The number of aryl methyl sites for hydroxylation is 2. The standard InChI is InChI=1S/C17H24N6O/c1-22-17(13-4-2-3-5-14(13)20-22)15-11-23(21-19-15)10-12-6-7-16(24)18-9-8-12/h11-12H,2-10H2,1H3,(H,18,24). The molecule has 1 aliphatic heterocycles. The van der Waals surface area contributed by atoms with Crippen molar-refractivity contribution in [1.29, 1.82) is 0 Å². The van der Waals surface area contributed by atoms with Gasteiger partial charge in [-0.05, 0) is 44.4 Å². The van der Waals surface area contributed by atoms with E-state index in [1.165, 1.54) is 24.1 Å². The van der Waals surface area contributed by atoms with Gasteiger partial charge < -0.3 is 5.32 Å². The molecule has 3 heterocycles. The highest BCUT2D eigenvalue weighted by molar-refractivity contribution is 5.76. The van der Waals surface area contributed by atoms with E-state index in [1.54, 1.807) is 0 Å². The minimum atomic E-state index is 0.165. The van der Waals surface area contributed by atoms with Crippen LogP contribution in [0.3, 0.4) is 0 Å². The molecule has 0 spiro atoms. The van der Waals surface area contributed by atoms with Crippen LogP contribution in [0.1, 0.15) is 43.4 Å². The molecule has 24 heavy (non-hydrogen) atoms. The van der Waals surface area contributed by atoms with E-state index in [1.807, 2.05) is 22.6 Å². The zero-order valence-corrected chi connectivity index (χ0v) is 14.2. The summed E-state index contributed by atoms with van der Waals surface area (Å²) in [6.45, 7) is 1.59. The fraction of sp³-hybridized carbons (Fsp3) is 0.647. The molecule has 1 unspecified atom stereocenters. The molecule has 1 fully saturated rings. The van der Waals surface area contributed by atoms with Crippen LogP contribution >= 0.6 is 0 Å². The Morgan fingerprint density at radius 3 is 3.04 bits per heavy atom. The molecule has 128 valence electrons. The Bertz CT molecular complexity index is 746. The summed E-state index contributed by atoms with van der Waals surface area (Å²) in [4.78, 5) is 11.5. The number of carbonyl (C=O) groups excluding carboxylic acids is 1. The molecule has 0 bridgehead atoms. The Kier molecular flexibility index (Phi) is 4.08. The number of nitrogens with zero attached hydrogens (tertiary/aromatic N) is 5. The van der Waals surface area contributed by atoms with Gasteiger partial charge in [-0.2, -0.15) is 5.10 Å². The average Bonchev–Trinajstić information content (AvgIpc) is 3.08. The maximum atomic E-state index is 11.5. The predicted octanol–water partition coefficient (Wildman–Crippen LogP) is 1.47. The van der Waals surface area contributed by atoms with Crippen molar-refractivity contribution in [3.8, 4) is 11.4 Å². The number of amides is 1. The highest BCUT2D eigenvalue weighted by atomic mass is 16.1. The lowest BCUT2D eigenvalue weighted by atomic mass is 9.95. The zero-order chi connectivity index (χ0) is 16.5. The molecule has 4 rings (SSSR count). The lowest BCUT2D eigenvalue weighted by Crippen LogP contribution is -2.21. The third kappa shape index (κ3) is 2.95. The normalized spacial score (nSPS) is 21.2. The number of carbonyl (C=O) groups is 1. The molecule has 1 saturated heterocycles. The van der Waals surface area contributed by atoms with Crippen molar-refractivity contribution in [2.45, 2.75) is 51.5 Å². The van der Waals surface area contributed by atoms with Crippen molar-refractivity contribution in [2.75, 3.05) is 6.54 Å². The fourth-order valence-corrected chi connectivity index (χ4v) is 3.93. The third-order valence-electron chi connectivity index (χ3n) is 5.20. The van der Waals surface area contributed by atoms with Gasteiger partial charge in [-0.25, -0.2) is 0 Å². The number of rotatable bonds is 3. The molecule has 7 nitrogen and oxygen atoms in total. The van der Waals surface area contributed by atoms with Crippen LogP contribution in [-0.4, -0.2) is 37.2 Å². The van der Waals surface area contributed by atoms with Crippen LogP contribution < -0.4 is 5.32 Å². The van der Waals surface area contributed by atoms with Gasteiger partial charge in [0.2, 0.25) is 5.91 Å². The number of fused-ring (bicyclic) bond motifs is 1. The smallest absolute Gasteiger partial charge is 0.220 e. The summed E-state index contributed by atoms with van der Waals surface area (Å²) in [5, 5.41) is 16.3. The van der Waals surface area contributed by atoms with Crippen LogP contribution in [0.5, 0.6) is 0 Å². The first-order chi connectivity index (χ1) is 11.7. The number of hydrogen-bond donors (Lipinski definition) is 1. The Balaban J connectivity index is 1.53. The minimum Gasteiger partial charge on any atom is -0.356 e. The Morgan fingerprint density at radius 2 is 2.12 bits per heavy atom. The molecule has 0 aromatic carbocycles. The molecule has 1 atom stereocenters. The van der Waals surface area contributed by atoms with Crippen molar-refractivity contribution < 1.29 is 4.79 Å². The van der Waals surface area contributed by atoms with Crippen LogP contribution in [0.15, 0.2) is 6.20 Å². The van der Waals surface area contributed by atoms with Gasteiger partial charge in [-0.15, -0.1) is 5.10 Å². The third-order valence-corrected chi connectivity index (χ3v) is 5.20. The molecule has 2 aromatic rings. The zero-order valence-electron chi connectivity index (χ0n) is 14.2. The summed E-state index contributed by atoms with van der Waals surface area (Å²) in [7, 11) is 2.00. The van der Waals surface area contributed by atoms with E-state index in [0.29, 0.717) is 12.3 Å². The van der Waals surface area contributed by atoms with E-state index in [2.05, 4.69) is 20.7 Å². The van der Waals surface area contributed by atoms with Gasteiger partial charge >= 0.3 is 0 Å². The average molecular weight is 328 g/mol. The van der Waals surface area contributed by atoms with E-state index < -0.39 is 0 Å². The van der Waals surface area contributed by atoms with Crippen LogP contribution in [0.25, 0.3) is 11.4 Å². The summed E-state index contributed by atoms with van der Waals surface area (Å²) in [6, 6.07) is 0. The quantitative estimate of drug-likeness (QED) is 0.925. The molecule has 2 aromatic heterocycles. The van der Waals surface area contributed by atoms with Gasteiger partial charge in [0.05, 0.1) is 17.6 Å². The fourth-order valence-electron chi connectivity index (χ4n) is 3.93. The highest BCUT2D eigenvalue weighted by Gasteiger charge is 2.23. The van der Waals surface area contributed by atoms with Crippen LogP contribution in [-0.2, 0) is 31.2 Å². The van der Waals surface area contributed by atoms with Crippen molar-refractivity contribution in [3.05, 3.63) is 17.5 Å². The monoisotopic (exact) mass is 328 g/mol. The maximum Gasteiger partial charge on any atom is 0.220 e. The van der Waals surface area contributed by atoms with Crippen LogP contribution in [0.2, 0.25) is 0 Å². The number of aromatic nitrogens is 5. The summed E-state index contributed by atoms with van der Waals surface area (Å²) in [5.74, 6) is 0.636. The molecule has 7 heteroatoms. The summed E-state index contributed by atoms with van der Waals surface area (Å²) in [5.41, 5.74) is 4.60. The molecular weight excluding hydrogens is 304 g/mol. The summed E-state index contributed by atoms with van der Waals surface area (Å²) >= 11 is 0. The van der Waals surface area contributed by atoms with Crippen molar-refractivity contribution in [3.63, 3.8) is 0 Å². The first-order valence-electron chi connectivity index (χ1n) is 8.92. The lowest BCUT2D eigenvalue weighted by molar-refractivity contribution is -0.120. The van der Waals surface area contributed by atoms with Crippen LogP contribution in [0, 0.1) is 5.92 Å². The summed E-state index contributed by atoms with van der Waals surface area (Å²) in [6.07, 6.45) is 9.17. The molecule has 0 saturated carbocycles. The Morgan fingerprint density at radius 1 is 1.25 bits per heavy atom. The number of hydrogen-bond acceptors (Lipinski definition) is 4. The second-order valence-electron chi connectivity index (χ2n) is 6.97. The van der Waals surface area contributed by atoms with E-state index in [-0.39, 0.29) is 5.91 Å². The van der Waals surface area contributed by atoms with Gasteiger partial charge in [0.1, 0.15) is 5.69 Å². The highest BCUT2D eigenvalue weighted by Crippen LogP contribution is 2.30. The van der Waals surface area contributed by atoms with Gasteiger partial charge in [-0.3, -0.25) is 14.2 Å². The SMILES string of the molecule is Cn1nc2c(c1-c1cn(CC3CCNC(=O)CC3)nn1)CCCC2. The molecule has 2 aliphatic rings. The molecule has 1 aliphatic carbocycles. The predicted molar refractivity (Wildman–Crippen MR) is 89.2 cm³/mol. The van der Waals surface area contributed by atoms with Gasteiger partial charge in [0.15, 0.2) is 0 Å². The van der Waals surface area contributed by atoms with Gasteiger partial charge in [0.25, 0.3) is 0 Å². The topological polar surface area (TPSA) is 77.6 Å². The van der Waals surface area contributed by atoms with Gasteiger partial charge in [-0.1, -0.05) is 5.21 Å². The summed E-state index contributed by atoms with van der Waals surface area (Å²) < 4.78 is 3.89. The van der Waals surface area contributed by atoms with E-state index in [0.717, 1.165) is 50.2 Å². The second-order valence-corrected chi connectivity index (χ2v) is 6.97. The first kappa shape index (κ1) is 15.4. The lowest BCUT2D eigenvalue weighted by Gasteiger charge is -2.12. The first-order valence-corrected chi connectivity index (χ1v) is 8.92. The largest absolute Gasteiger partial charge is 0.356 e. The van der Waals surface area contributed by atoms with Crippen molar-refractivity contribution in [1.82, 2.24) is 30.1 Å². The number of nitrogens with one attached hydrogen (secondary N) is 1. The van der Waals surface area contributed by atoms with Crippen LogP contribution in [0.4, 0.5) is 0 Å². The van der Waals surface area contributed by atoms with E-state index >= 15 is 0 Å². The second kappa shape index (κ2) is 6.37. The van der Waals surface area contributed by atoms with Crippen molar-refractivity contribution in [2.24, 2.45) is 13.0 Å². The molecule has 1 amide bonds. The maximum absolute atomic E-state index is 11.5.